The molecular weight excluding hydrogens is 279 g/mol. The second-order valence-electron chi connectivity index (χ2n) is 3.45. The van der Waals surface area contributed by atoms with Crippen molar-refractivity contribution in [1.82, 2.24) is 9.88 Å². The quantitative estimate of drug-likeness (QED) is 0.629. The Bertz CT molecular complexity index is 466. The number of nitrogens with zero attached hydrogens (tertiary/aromatic N) is 2. The van der Waals surface area contributed by atoms with Crippen molar-refractivity contribution in [2.45, 2.75) is 6.92 Å². The molecule has 0 aliphatic heterocycles. The Labute approximate surface area is 115 Å². The summed E-state index contributed by atoms with van der Waals surface area (Å²) in [6.07, 6.45) is 1.29. The van der Waals surface area contributed by atoms with Crippen LogP contribution in [0, 0.1) is 0 Å². The molecule has 0 radical (unpaired) electrons. The first kappa shape index (κ1) is 14.7. The lowest BCUT2D eigenvalue weighted by atomic mass is 10.2. The summed E-state index contributed by atoms with van der Waals surface area (Å²) in [7, 11) is 1.48. The van der Waals surface area contributed by atoms with Crippen LogP contribution in [0.1, 0.15) is 17.3 Å². The number of amides is 1. The molecule has 7 heteroatoms. The Hall–Kier alpha value is -1.33. The molecule has 0 spiro atoms. The Morgan fingerprint density at radius 3 is 2.72 bits per heavy atom. The molecule has 0 N–H and O–H groups in total. The zero-order chi connectivity index (χ0) is 13.7. The number of carbonyl (C=O) groups is 2. The average molecular weight is 291 g/mol. The highest BCUT2D eigenvalue weighted by atomic mass is 35.5. The summed E-state index contributed by atoms with van der Waals surface area (Å²) in [5.74, 6) is -0.901. The Morgan fingerprint density at radius 1 is 1.44 bits per heavy atom. The lowest BCUT2D eigenvalue weighted by Crippen LogP contribution is -2.33. The molecule has 0 fully saturated rings. The minimum absolute atomic E-state index is 0.150. The second kappa shape index (κ2) is 6.56. The summed E-state index contributed by atoms with van der Waals surface area (Å²) in [4.78, 5) is 28.2. The van der Waals surface area contributed by atoms with Gasteiger partial charge >= 0.3 is 5.97 Å². The van der Waals surface area contributed by atoms with E-state index in [4.69, 9.17) is 27.9 Å². The molecule has 1 amide bonds. The number of likely N-dealkylation sites (N-methyl/N-ethyl adjacent to an activating group) is 1. The standard InChI is InChI=1S/C11H12Cl2N2O3/c1-3-18-10(16)6-15(2)11(17)7-4-9(13)14-5-8(7)12/h4-5H,3,6H2,1-2H3. The van der Waals surface area contributed by atoms with Gasteiger partial charge in [-0.15, -0.1) is 0 Å². The fourth-order valence-corrected chi connectivity index (χ4v) is 1.60. The van der Waals surface area contributed by atoms with Gasteiger partial charge in [0.2, 0.25) is 0 Å². The van der Waals surface area contributed by atoms with Crippen molar-refractivity contribution in [1.29, 1.82) is 0 Å². The zero-order valence-electron chi connectivity index (χ0n) is 9.94. The molecule has 98 valence electrons. The van der Waals surface area contributed by atoms with Crippen molar-refractivity contribution < 1.29 is 14.3 Å². The molecule has 0 atom stereocenters. The molecule has 1 aromatic heterocycles. The summed E-state index contributed by atoms with van der Waals surface area (Å²) in [6, 6.07) is 1.36. The third kappa shape index (κ3) is 3.85. The first-order valence-electron chi connectivity index (χ1n) is 5.17. The molecule has 0 aliphatic carbocycles. The minimum atomic E-state index is -0.482. The van der Waals surface area contributed by atoms with Crippen molar-refractivity contribution in [2.24, 2.45) is 0 Å². The van der Waals surface area contributed by atoms with Crippen LogP contribution in [0.15, 0.2) is 12.3 Å². The number of pyridine rings is 1. The average Bonchev–Trinajstić information content (AvgIpc) is 2.31. The number of hydrogen-bond acceptors (Lipinski definition) is 4. The van der Waals surface area contributed by atoms with E-state index < -0.39 is 11.9 Å². The van der Waals surface area contributed by atoms with Gasteiger partial charge in [-0.25, -0.2) is 4.98 Å². The maximum atomic E-state index is 12.0. The Kier molecular flexibility index (Phi) is 5.37. The van der Waals surface area contributed by atoms with Crippen LogP contribution < -0.4 is 0 Å². The van der Waals surface area contributed by atoms with E-state index in [1.54, 1.807) is 6.92 Å². The van der Waals surface area contributed by atoms with Gasteiger partial charge < -0.3 is 9.64 Å². The fourth-order valence-electron chi connectivity index (χ4n) is 1.25. The van der Waals surface area contributed by atoms with Gasteiger partial charge in [0.15, 0.2) is 0 Å². The first-order chi connectivity index (χ1) is 8.45. The Morgan fingerprint density at radius 2 is 2.11 bits per heavy atom. The number of esters is 1. The van der Waals surface area contributed by atoms with Crippen molar-refractivity contribution in [2.75, 3.05) is 20.2 Å². The molecule has 0 saturated carbocycles. The molecule has 1 heterocycles. The molecule has 5 nitrogen and oxygen atoms in total. The maximum absolute atomic E-state index is 12.0. The highest BCUT2D eigenvalue weighted by Gasteiger charge is 2.18. The van der Waals surface area contributed by atoms with Crippen LogP contribution in [0.4, 0.5) is 0 Å². The number of halogens is 2. The van der Waals surface area contributed by atoms with Crippen LogP contribution in [-0.4, -0.2) is 42.0 Å². The smallest absolute Gasteiger partial charge is 0.325 e. The van der Waals surface area contributed by atoms with Crippen molar-refractivity contribution in [3.63, 3.8) is 0 Å². The van der Waals surface area contributed by atoms with E-state index in [9.17, 15) is 9.59 Å². The lowest BCUT2D eigenvalue weighted by molar-refractivity contribution is -0.143. The van der Waals surface area contributed by atoms with E-state index in [2.05, 4.69) is 4.98 Å². The van der Waals surface area contributed by atoms with Crippen molar-refractivity contribution in [3.05, 3.63) is 28.0 Å². The lowest BCUT2D eigenvalue weighted by Gasteiger charge is -2.16. The summed E-state index contributed by atoms with van der Waals surface area (Å²) >= 11 is 11.5. The maximum Gasteiger partial charge on any atom is 0.325 e. The van der Waals surface area contributed by atoms with E-state index >= 15 is 0 Å². The van der Waals surface area contributed by atoms with Gasteiger partial charge in [-0.3, -0.25) is 9.59 Å². The molecule has 0 bridgehead atoms. The molecule has 0 aliphatic rings. The van der Waals surface area contributed by atoms with Crippen LogP contribution in [0.3, 0.4) is 0 Å². The third-order valence-corrected chi connectivity index (χ3v) is 2.58. The Balaban J connectivity index is 2.80. The summed E-state index contributed by atoms with van der Waals surface area (Å²) in [5, 5.41) is 0.340. The van der Waals surface area contributed by atoms with Crippen LogP contribution in [0.25, 0.3) is 0 Å². The highest BCUT2D eigenvalue weighted by Crippen LogP contribution is 2.19. The van der Waals surface area contributed by atoms with Crippen LogP contribution in [0.5, 0.6) is 0 Å². The zero-order valence-corrected chi connectivity index (χ0v) is 11.5. The fraction of sp³-hybridized carbons (Fsp3) is 0.364. The monoisotopic (exact) mass is 290 g/mol. The SMILES string of the molecule is CCOC(=O)CN(C)C(=O)c1cc(Cl)ncc1Cl. The molecule has 0 unspecified atom stereocenters. The molecule has 0 saturated heterocycles. The molecule has 1 aromatic rings. The summed E-state index contributed by atoms with van der Waals surface area (Å²) in [5.41, 5.74) is 0.198. The van der Waals surface area contributed by atoms with Gasteiger partial charge in [0.05, 0.1) is 17.2 Å². The predicted octanol–water partition coefficient (Wildman–Crippen LogP) is 2.02. The van der Waals surface area contributed by atoms with Gasteiger partial charge in [0.1, 0.15) is 11.7 Å². The van der Waals surface area contributed by atoms with Crippen LogP contribution in [-0.2, 0) is 9.53 Å². The van der Waals surface area contributed by atoms with E-state index in [0.717, 1.165) is 0 Å². The van der Waals surface area contributed by atoms with Gasteiger partial charge in [0, 0.05) is 13.2 Å². The highest BCUT2D eigenvalue weighted by molar-refractivity contribution is 6.35. The van der Waals surface area contributed by atoms with Gasteiger partial charge in [-0.1, -0.05) is 23.2 Å². The predicted molar refractivity (Wildman–Crippen MR) is 67.9 cm³/mol. The molecule has 18 heavy (non-hydrogen) atoms. The van der Waals surface area contributed by atoms with Crippen molar-refractivity contribution >= 4 is 35.1 Å². The molecular formula is C11H12Cl2N2O3. The minimum Gasteiger partial charge on any atom is -0.465 e. The second-order valence-corrected chi connectivity index (χ2v) is 4.25. The van der Waals surface area contributed by atoms with E-state index in [0.29, 0.717) is 0 Å². The van der Waals surface area contributed by atoms with E-state index in [1.807, 2.05) is 0 Å². The third-order valence-electron chi connectivity index (χ3n) is 2.07. The first-order valence-corrected chi connectivity index (χ1v) is 5.93. The molecule has 1 rings (SSSR count). The number of rotatable bonds is 4. The van der Waals surface area contributed by atoms with E-state index in [-0.39, 0.29) is 28.9 Å². The summed E-state index contributed by atoms with van der Waals surface area (Å²) < 4.78 is 4.75. The topological polar surface area (TPSA) is 59.5 Å². The van der Waals surface area contributed by atoms with Crippen molar-refractivity contribution in [3.8, 4) is 0 Å². The number of hydrogen-bond donors (Lipinski definition) is 0. The normalized spacial score (nSPS) is 10.0. The number of ether oxygens (including phenoxy) is 1. The largest absolute Gasteiger partial charge is 0.465 e. The number of carbonyl (C=O) groups excluding carboxylic acids is 2. The van der Waals surface area contributed by atoms with Gasteiger partial charge in [0.25, 0.3) is 5.91 Å². The van der Waals surface area contributed by atoms with Gasteiger partial charge in [-0.05, 0) is 13.0 Å². The van der Waals surface area contributed by atoms with E-state index in [1.165, 1.54) is 24.2 Å². The van der Waals surface area contributed by atoms with Crippen LogP contribution in [0.2, 0.25) is 10.2 Å². The van der Waals surface area contributed by atoms with Crippen LogP contribution >= 0.6 is 23.2 Å². The molecule has 0 aromatic carbocycles. The summed E-state index contributed by atoms with van der Waals surface area (Å²) in [6.45, 7) is 1.81. The van der Waals surface area contributed by atoms with Gasteiger partial charge in [-0.2, -0.15) is 0 Å². The number of aromatic nitrogens is 1.